The summed E-state index contributed by atoms with van der Waals surface area (Å²) in [6.45, 7) is 2.75. The second-order valence-corrected chi connectivity index (χ2v) is 4.88. The average Bonchev–Trinajstić information content (AvgIpc) is 2.44. The Balaban J connectivity index is 2.93. The molecule has 1 aromatic rings. The smallest absolute Gasteiger partial charge is 0.330 e. The van der Waals surface area contributed by atoms with E-state index in [-0.39, 0.29) is 18.1 Å². The van der Waals surface area contributed by atoms with Gasteiger partial charge in [-0.2, -0.15) is 0 Å². The van der Waals surface area contributed by atoms with Crippen molar-refractivity contribution in [1.29, 1.82) is 0 Å². The molecule has 7 heteroatoms. The van der Waals surface area contributed by atoms with Crippen molar-refractivity contribution < 1.29 is 28.6 Å². The summed E-state index contributed by atoms with van der Waals surface area (Å²) in [6, 6.07) is 4.57. The van der Waals surface area contributed by atoms with Crippen molar-refractivity contribution >= 4 is 39.9 Å². The molecule has 0 aliphatic heterocycles. The number of esters is 3. The topological polar surface area (TPSA) is 78.9 Å². The monoisotopic (exact) mass is 370 g/mol. The van der Waals surface area contributed by atoms with Crippen LogP contribution in [0.15, 0.2) is 24.3 Å². The molecule has 0 fully saturated rings. The van der Waals surface area contributed by atoms with E-state index in [1.807, 2.05) is 0 Å². The molecule has 0 saturated carbocycles. The summed E-state index contributed by atoms with van der Waals surface area (Å²) in [6.07, 6.45) is 2.75. The number of benzene rings is 1. The normalized spacial score (nSPS) is 10.3. The van der Waals surface area contributed by atoms with Crippen LogP contribution in [0.25, 0.3) is 6.08 Å². The maximum atomic E-state index is 11.4. The minimum atomic E-state index is -0.550. The van der Waals surface area contributed by atoms with E-state index in [4.69, 9.17) is 14.2 Å². The fraction of sp³-hybridized carbons (Fsp3) is 0.267. The van der Waals surface area contributed by atoms with Crippen molar-refractivity contribution in [2.24, 2.45) is 0 Å². The Morgan fingerprint density at radius 1 is 1.09 bits per heavy atom. The Morgan fingerprint density at radius 2 is 1.73 bits per heavy atom. The first-order chi connectivity index (χ1) is 10.4. The second kappa shape index (κ2) is 8.99. The fourth-order valence-corrected chi connectivity index (χ4v) is 1.62. The van der Waals surface area contributed by atoms with Crippen LogP contribution in [0, 0.1) is 0 Å². The van der Waals surface area contributed by atoms with Crippen molar-refractivity contribution in [3.05, 3.63) is 29.8 Å². The largest absolute Gasteiger partial charge is 0.462 e. The molecule has 118 valence electrons. The highest BCUT2D eigenvalue weighted by Gasteiger charge is 2.10. The Morgan fingerprint density at radius 3 is 2.32 bits per heavy atom. The van der Waals surface area contributed by atoms with Gasteiger partial charge in [-0.25, -0.2) is 4.79 Å². The molecule has 0 atom stereocenters. The first-order valence-electron chi connectivity index (χ1n) is 6.34. The number of halogens is 1. The number of carbonyl (C=O) groups is 3. The molecule has 0 heterocycles. The lowest BCUT2D eigenvalue weighted by Crippen LogP contribution is -2.07. The van der Waals surface area contributed by atoms with Crippen LogP contribution < -0.4 is 9.47 Å². The molecule has 6 nitrogen and oxygen atoms in total. The Kier molecular flexibility index (Phi) is 7.31. The van der Waals surface area contributed by atoms with Crippen molar-refractivity contribution in [3.8, 4) is 11.5 Å². The lowest BCUT2D eigenvalue weighted by atomic mass is 10.2. The van der Waals surface area contributed by atoms with Crippen molar-refractivity contribution in [1.82, 2.24) is 0 Å². The molecule has 0 saturated heterocycles. The van der Waals surface area contributed by atoms with E-state index in [1.165, 1.54) is 38.1 Å². The molecule has 0 spiro atoms. The number of hydrogen-bond donors (Lipinski definition) is 0. The van der Waals surface area contributed by atoms with Crippen molar-refractivity contribution in [2.75, 3.05) is 11.9 Å². The predicted octanol–water partition coefficient (Wildman–Crippen LogP) is 2.49. The van der Waals surface area contributed by atoms with E-state index in [1.54, 1.807) is 6.07 Å². The summed E-state index contributed by atoms with van der Waals surface area (Å²) >= 11 is 3.14. The molecule has 0 unspecified atom stereocenters. The summed E-state index contributed by atoms with van der Waals surface area (Å²) in [7, 11) is 0. The number of hydrogen-bond acceptors (Lipinski definition) is 6. The van der Waals surface area contributed by atoms with Gasteiger partial charge in [0, 0.05) is 25.3 Å². The Labute approximate surface area is 136 Å². The van der Waals surface area contributed by atoms with Crippen molar-refractivity contribution in [2.45, 2.75) is 13.8 Å². The van der Waals surface area contributed by atoms with Crippen LogP contribution in [-0.4, -0.2) is 29.8 Å². The maximum absolute atomic E-state index is 11.4. The van der Waals surface area contributed by atoms with Crippen LogP contribution in [0.1, 0.15) is 19.4 Å². The molecule has 0 radical (unpaired) electrons. The standard InChI is InChI=1S/C15H15BrO6/c1-10(17)21-13-5-3-12(9-14(13)22-11(2)18)4-6-15(19)20-8-7-16/h3-6,9H,7-8H2,1-2H3/b6-4+. The molecule has 0 aliphatic rings. The van der Waals surface area contributed by atoms with Gasteiger partial charge in [-0.15, -0.1) is 0 Å². The van der Waals surface area contributed by atoms with Crippen LogP contribution in [0.2, 0.25) is 0 Å². The summed E-state index contributed by atoms with van der Waals surface area (Å²) in [5.74, 6) is -1.35. The van der Waals surface area contributed by atoms with Crippen LogP contribution >= 0.6 is 15.9 Å². The van der Waals surface area contributed by atoms with Gasteiger partial charge in [0.25, 0.3) is 0 Å². The molecule has 0 aliphatic carbocycles. The molecular weight excluding hydrogens is 356 g/mol. The summed E-state index contributed by atoms with van der Waals surface area (Å²) in [5.41, 5.74) is 0.586. The molecular formula is C15H15BrO6. The predicted molar refractivity (Wildman–Crippen MR) is 82.8 cm³/mol. The second-order valence-electron chi connectivity index (χ2n) is 4.08. The molecule has 0 amide bonds. The molecule has 22 heavy (non-hydrogen) atoms. The lowest BCUT2D eigenvalue weighted by molar-refractivity contribution is -0.137. The molecule has 0 N–H and O–H groups in total. The van der Waals surface area contributed by atoms with Gasteiger partial charge in [0.2, 0.25) is 0 Å². The van der Waals surface area contributed by atoms with Gasteiger partial charge in [0.15, 0.2) is 11.5 Å². The number of rotatable bonds is 6. The molecule has 0 bridgehead atoms. The van der Waals surface area contributed by atoms with Crippen LogP contribution in [0.3, 0.4) is 0 Å². The van der Waals surface area contributed by atoms with E-state index in [0.717, 1.165) is 0 Å². The van der Waals surface area contributed by atoms with E-state index >= 15 is 0 Å². The SMILES string of the molecule is CC(=O)Oc1ccc(/C=C/C(=O)OCCBr)cc1OC(C)=O. The minimum absolute atomic E-state index is 0.0960. The van der Waals surface area contributed by atoms with Crippen molar-refractivity contribution in [3.63, 3.8) is 0 Å². The first-order valence-corrected chi connectivity index (χ1v) is 7.46. The maximum Gasteiger partial charge on any atom is 0.330 e. The van der Waals surface area contributed by atoms with Gasteiger partial charge in [-0.1, -0.05) is 22.0 Å². The minimum Gasteiger partial charge on any atom is -0.462 e. The van der Waals surface area contributed by atoms with Gasteiger partial charge in [0.05, 0.1) is 0 Å². The molecule has 1 aromatic carbocycles. The Hall–Kier alpha value is -2.15. The van der Waals surface area contributed by atoms with Crippen LogP contribution in [-0.2, 0) is 19.1 Å². The van der Waals surface area contributed by atoms with Gasteiger partial charge in [-0.3, -0.25) is 9.59 Å². The number of carbonyl (C=O) groups excluding carboxylic acids is 3. The highest BCUT2D eigenvalue weighted by Crippen LogP contribution is 2.29. The van der Waals surface area contributed by atoms with Gasteiger partial charge >= 0.3 is 17.9 Å². The van der Waals surface area contributed by atoms with Crippen LogP contribution in [0.4, 0.5) is 0 Å². The summed E-state index contributed by atoms with van der Waals surface area (Å²) in [5, 5.41) is 0.556. The number of ether oxygens (including phenoxy) is 3. The highest BCUT2D eigenvalue weighted by molar-refractivity contribution is 9.09. The third kappa shape index (κ3) is 6.53. The zero-order valence-electron chi connectivity index (χ0n) is 12.1. The highest BCUT2D eigenvalue weighted by atomic mass is 79.9. The van der Waals surface area contributed by atoms with E-state index < -0.39 is 17.9 Å². The zero-order chi connectivity index (χ0) is 16.5. The lowest BCUT2D eigenvalue weighted by Gasteiger charge is -2.09. The first kappa shape index (κ1) is 17.9. The van der Waals surface area contributed by atoms with Crippen LogP contribution in [0.5, 0.6) is 11.5 Å². The zero-order valence-corrected chi connectivity index (χ0v) is 13.7. The molecule has 0 aromatic heterocycles. The van der Waals surface area contributed by atoms with E-state index in [0.29, 0.717) is 10.9 Å². The molecule has 1 rings (SSSR count). The number of alkyl halides is 1. The van der Waals surface area contributed by atoms with E-state index in [9.17, 15) is 14.4 Å². The van der Waals surface area contributed by atoms with E-state index in [2.05, 4.69) is 15.9 Å². The van der Waals surface area contributed by atoms with Gasteiger partial charge < -0.3 is 14.2 Å². The summed E-state index contributed by atoms with van der Waals surface area (Å²) < 4.78 is 14.8. The summed E-state index contributed by atoms with van der Waals surface area (Å²) in [4.78, 5) is 33.5. The fourth-order valence-electron chi connectivity index (χ4n) is 1.45. The van der Waals surface area contributed by atoms with Gasteiger partial charge in [0.1, 0.15) is 6.61 Å². The van der Waals surface area contributed by atoms with Gasteiger partial charge in [-0.05, 0) is 23.8 Å². The Bertz CT molecular complexity index is 594. The third-order valence-corrected chi connectivity index (χ3v) is 2.53. The third-order valence-electron chi connectivity index (χ3n) is 2.21. The quantitative estimate of drug-likeness (QED) is 0.331. The average molecular weight is 371 g/mol.